The normalized spacial score (nSPS) is 17.2. The molecule has 0 amide bonds. The van der Waals surface area contributed by atoms with Gasteiger partial charge in [0.2, 0.25) is 15.8 Å². The monoisotopic (exact) mass is 428 g/mol. The summed E-state index contributed by atoms with van der Waals surface area (Å²) in [6, 6.07) is 9.19. The standard InChI is InChI=1S/C20H20N4O5S/c1-14-6-8-16(9-7-14)30(26,27)24-11-3-5-17(24)20(25)28-13-18-22-19(23-29-18)15-4-2-10-21-12-15/h2,4,6-10,12,17H,3,5,11,13H2,1H3/t17-/m0/s1. The quantitative estimate of drug-likeness (QED) is 0.550. The summed E-state index contributed by atoms with van der Waals surface area (Å²) in [7, 11) is -3.79. The minimum Gasteiger partial charge on any atom is -0.454 e. The molecule has 0 N–H and O–H groups in total. The molecule has 0 spiro atoms. The van der Waals surface area contributed by atoms with Crippen molar-refractivity contribution >= 4 is 16.0 Å². The Morgan fingerprint density at radius 1 is 1.27 bits per heavy atom. The Hall–Kier alpha value is -3.11. The minimum atomic E-state index is -3.79. The number of ether oxygens (including phenoxy) is 1. The number of aromatic nitrogens is 3. The van der Waals surface area contributed by atoms with Crippen molar-refractivity contribution in [1.29, 1.82) is 0 Å². The maximum absolute atomic E-state index is 13.0. The van der Waals surface area contributed by atoms with E-state index in [1.165, 1.54) is 4.31 Å². The number of hydrogen-bond acceptors (Lipinski definition) is 8. The summed E-state index contributed by atoms with van der Waals surface area (Å²) >= 11 is 0. The van der Waals surface area contributed by atoms with E-state index >= 15 is 0 Å². The van der Waals surface area contributed by atoms with Gasteiger partial charge in [0.15, 0.2) is 6.61 Å². The first-order chi connectivity index (χ1) is 14.4. The lowest BCUT2D eigenvalue weighted by Crippen LogP contribution is -2.41. The van der Waals surface area contributed by atoms with Gasteiger partial charge in [-0.3, -0.25) is 9.78 Å². The van der Waals surface area contributed by atoms with Crippen LogP contribution in [-0.4, -0.2) is 46.4 Å². The Morgan fingerprint density at radius 3 is 2.80 bits per heavy atom. The first-order valence-corrected chi connectivity index (χ1v) is 10.9. The molecule has 0 unspecified atom stereocenters. The van der Waals surface area contributed by atoms with Gasteiger partial charge in [0.05, 0.1) is 4.90 Å². The molecule has 156 valence electrons. The molecule has 1 fully saturated rings. The van der Waals surface area contributed by atoms with Crippen molar-refractivity contribution in [3.63, 3.8) is 0 Å². The van der Waals surface area contributed by atoms with Gasteiger partial charge < -0.3 is 9.26 Å². The van der Waals surface area contributed by atoms with Crippen LogP contribution in [0.1, 0.15) is 24.3 Å². The van der Waals surface area contributed by atoms with Crippen LogP contribution in [0.5, 0.6) is 0 Å². The van der Waals surface area contributed by atoms with E-state index in [9.17, 15) is 13.2 Å². The Balaban J connectivity index is 1.43. The highest BCUT2D eigenvalue weighted by molar-refractivity contribution is 7.89. The van der Waals surface area contributed by atoms with E-state index in [2.05, 4.69) is 15.1 Å². The molecule has 4 rings (SSSR count). The molecule has 30 heavy (non-hydrogen) atoms. The van der Waals surface area contributed by atoms with E-state index < -0.39 is 22.0 Å². The molecule has 1 aliphatic rings. The molecule has 0 aliphatic carbocycles. The van der Waals surface area contributed by atoms with Crippen LogP contribution in [0.2, 0.25) is 0 Å². The fourth-order valence-corrected chi connectivity index (χ4v) is 4.91. The number of aryl methyl sites for hydroxylation is 1. The number of rotatable bonds is 6. The average Bonchev–Trinajstić information content (AvgIpc) is 3.43. The molecule has 1 aliphatic heterocycles. The van der Waals surface area contributed by atoms with Crippen molar-refractivity contribution < 1.29 is 22.5 Å². The number of esters is 1. The fourth-order valence-electron chi connectivity index (χ4n) is 3.26. The summed E-state index contributed by atoms with van der Waals surface area (Å²) < 4.78 is 37.5. The van der Waals surface area contributed by atoms with Gasteiger partial charge in [-0.25, -0.2) is 8.42 Å². The van der Waals surface area contributed by atoms with Crippen LogP contribution >= 0.6 is 0 Å². The summed E-state index contributed by atoms with van der Waals surface area (Å²) in [4.78, 5) is 20.9. The van der Waals surface area contributed by atoms with E-state index in [1.54, 1.807) is 48.8 Å². The second kappa shape index (κ2) is 8.33. The summed E-state index contributed by atoms with van der Waals surface area (Å²) in [5.41, 5.74) is 1.63. The predicted octanol–water partition coefficient (Wildman–Crippen LogP) is 2.34. The first kappa shape index (κ1) is 20.2. The van der Waals surface area contributed by atoms with Crippen LogP contribution in [0.15, 0.2) is 58.2 Å². The number of sulfonamides is 1. The number of nitrogens with zero attached hydrogens (tertiary/aromatic N) is 4. The number of carbonyl (C=O) groups is 1. The molecule has 0 saturated carbocycles. The van der Waals surface area contributed by atoms with Crippen LogP contribution in [0.4, 0.5) is 0 Å². The highest BCUT2D eigenvalue weighted by atomic mass is 32.2. The number of benzene rings is 1. The fraction of sp³-hybridized carbons (Fsp3) is 0.300. The van der Waals surface area contributed by atoms with Gasteiger partial charge in [0.25, 0.3) is 5.89 Å². The minimum absolute atomic E-state index is 0.119. The van der Waals surface area contributed by atoms with Gasteiger partial charge in [-0.15, -0.1) is 0 Å². The molecule has 9 nitrogen and oxygen atoms in total. The lowest BCUT2D eigenvalue weighted by Gasteiger charge is -2.22. The Morgan fingerprint density at radius 2 is 2.07 bits per heavy atom. The Labute approximate surface area is 173 Å². The number of carbonyl (C=O) groups excluding carboxylic acids is 1. The first-order valence-electron chi connectivity index (χ1n) is 9.43. The Kier molecular flexibility index (Phi) is 5.60. The number of pyridine rings is 1. The van der Waals surface area contributed by atoms with E-state index in [0.717, 1.165) is 5.56 Å². The smallest absolute Gasteiger partial charge is 0.324 e. The molecular formula is C20H20N4O5S. The SMILES string of the molecule is Cc1ccc(S(=O)(=O)N2CCC[C@H]2C(=O)OCc2nc(-c3cccnc3)no2)cc1. The Bertz CT molecular complexity index is 1130. The van der Waals surface area contributed by atoms with Crippen molar-refractivity contribution in [1.82, 2.24) is 19.4 Å². The molecule has 1 aromatic carbocycles. The van der Waals surface area contributed by atoms with Crippen LogP contribution in [0, 0.1) is 6.92 Å². The molecule has 3 aromatic rings. The third-order valence-corrected chi connectivity index (χ3v) is 6.75. The molecule has 1 atom stereocenters. The predicted molar refractivity (Wildman–Crippen MR) is 105 cm³/mol. The van der Waals surface area contributed by atoms with Crippen LogP contribution < -0.4 is 0 Å². The van der Waals surface area contributed by atoms with Crippen molar-refractivity contribution in [2.75, 3.05) is 6.54 Å². The van der Waals surface area contributed by atoms with Crippen molar-refractivity contribution in [2.24, 2.45) is 0 Å². The zero-order chi connectivity index (χ0) is 21.1. The second-order valence-corrected chi connectivity index (χ2v) is 8.84. The number of hydrogen-bond donors (Lipinski definition) is 0. The zero-order valence-electron chi connectivity index (χ0n) is 16.3. The maximum atomic E-state index is 13.0. The summed E-state index contributed by atoms with van der Waals surface area (Å²) in [6.07, 6.45) is 4.20. The molecule has 2 aromatic heterocycles. The summed E-state index contributed by atoms with van der Waals surface area (Å²) in [5, 5.41) is 3.84. The van der Waals surface area contributed by atoms with Crippen LogP contribution in [-0.2, 0) is 26.2 Å². The largest absolute Gasteiger partial charge is 0.454 e. The van der Waals surface area contributed by atoms with E-state index in [-0.39, 0.29) is 23.9 Å². The van der Waals surface area contributed by atoms with Gasteiger partial charge in [0, 0.05) is 24.5 Å². The van der Waals surface area contributed by atoms with Gasteiger partial charge in [0.1, 0.15) is 6.04 Å². The molecule has 0 bridgehead atoms. The lowest BCUT2D eigenvalue weighted by atomic mass is 10.2. The molecule has 3 heterocycles. The third-order valence-electron chi connectivity index (χ3n) is 4.83. The summed E-state index contributed by atoms with van der Waals surface area (Å²) in [5.74, 6) is -0.184. The maximum Gasteiger partial charge on any atom is 0.324 e. The molecule has 10 heteroatoms. The summed E-state index contributed by atoms with van der Waals surface area (Å²) in [6.45, 7) is 1.91. The van der Waals surface area contributed by atoms with E-state index in [1.807, 2.05) is 6.92 Å². The van der Waals surface area contributed by atoms with Gasteiger partial charge in [-0.2, -0.15) is 9.29 Å². The highest BCUT2D eigenvalue weighted by Crippen LogP contribution is 2.27. The third kappa shape index (κ3) is 4.10. The molecule has 1 saturated heterocycles. The highest BCUT2D eigenvalue weighted by Gasteiger charge is 2.40. The molecule has 0 radical (unpaired) electrons. The van der Waals surface area contributed by atoms with Crippen molar-refractivity contribution in [3.8, 4) is 11.4 Å². The van der Waals surface area contributed by atoms with Gasteiger partial charge in [-0.05, 0) is 44.0 Å². The zero-order valence-corrected chi connectivity index (χ0v) is 17.1. The van der Waals surface area contributed by atoms with Gasteiger partial charge in [-0.1, -0.05) is 22.9 Å². The van der Waals surface area contributed by atoms with Gasteiger partial charge >= 0.3 is 5.97 Å². The van der Waals surface area contributed by atoms with E-state index in [0.29, 0.717) is 24.2 Å². The van der Waals surface area contributed by atoms with E-state index in [4.69, 9.17) is 9.26 Å². The van der Waals surface area contributed by atoms with Crippen molar-refractivity contribution in [2.45, 2.75) is 37.3 Å². The lowest BCUT2D eigenvalue weighted by molar-refractivity contribution is -0.149. The van der Waals surface area contributed by atoms with Crippen molar-refractivity contribution in [3.05, 3.63) is 60.2 Å². The van der Waals surface area contributed by atoms with Crippen LogP contribution in [0.3, 0.4) is 0 Å². The average molecular weight is 428 g/mol. The molecular weight excluding hydrogens is 408 g/mol. The second-order valence-electron chi connectivity index (χ2n) is 6.95. The van der Waals surface area contributed by atoms with Crippen LogP contribution in [0.25, 0.3) is 11.4 Å². The topological polar surface area (TPSA) is 115 Å².